The van der Waals surface area contributed by atoms with Crippen molar-refractivity contribution in [2.45, 2.75) is 26.1 Å². The fourth-order valence-corrected chi connectivity index (χ4v) is 2.62. The summed E-state index contributed by atoms with van der Waals surface area (Å²) < 4.78 is 50.3. The van der Waals surface area contributed by atoms with Gasteiger partial charge in [-0.15, -0.1) is 0 Å². The van der Waals surface area contributed by atoms with E-state index in [-0.39, 0.29) is 17.5 Å². The van der Waals surface area contributed by atoms with Crippen LogP contribution in [0.15, 0.2) is 36.4 Å². The molecule has 0 amide bonds. The maximum atomic E-state index is 13.3. The number of ether oxygens (including phenoxy) is 2. The maximum absolute atomic E-state index is 13.3. The molecule has 0 fully saturated rings. The van der Waals surface area contributed by atoms with Crippen LogP contribution in [0.4, 0.5) is 18.9 Å². The average Bonchev–Trinajstić information content (AvgIpc) is 2.60. The molecule has 0 saturated carbocycles. The molecule has 0 unspecified atom stereocenters. The lowest BCUT2D eigenvalue weighted by Crippen LogP contribution is -2.14. The minimum atomic E-state index is -4.51. The Morgan fingerprint density at radius 3 is 2.58 bits per heavy atom. The van der Waals surface area contributed by atoms with Gasteiger partial charge in [0.05, 0.1) is 12.7 Å². The summed E-state index contributed by atoms with van der Waals surface area (Å²) in [6, 6.07) is 9.01. The molecule has 3 nitrogen and oxygen atoms in total. The number of hydrogen-bond acceptors (Lipinski definition) is 3. The van der Waals surface area contributed by atoms with E-state index in [0.717, 1.165) is 6.07 Å². The molecule has 0 heterocycles. The Morgan fingerprint density at radius 1 is 1.23 bits per heavy atom. The summed E-state index contributed by atoms with van der Waals surface area (Å²) in [5.41, 5.74) is 0.741. The third-order valence-electron chi connectivity index (χ3n) is 3.67. The SMILES string of the molecule is CCc1ccc(OCc2c(Cl)cccc2NC(=S)OC)c(C(F)(F)F)c1. The van der Waals surface area contributed by atoms with E-state index in [4.69, 9.17) is 33.3 Å². The number of halogens is 4. The maximum Gasteiger partial charge on any atom is 0.419 e. The van der Waals surface area contributed by atoms with E-state index < -0.39 is 11.7 Å². The number of thiocarbonyl (C=S) groups is 1. The Balaban J connectivity index is 2.31. The van der Waals surface area contributed by atoms with Gasteiger partial charge >= 0.3 is 6.18 Å². The second kappa shape index (κ2) is 8.60. The molecule has 0 bridgehead atoms. The first kappa shape index (κ1) is 20.3. The molecule has 0 spiro atoms. The average molecular weight is 404 g/mol. The number of methoxy groups -OCH3 is 1. The van der Waals surface area contributed by atoms with Crippen LogP contribution in [0.25, 0.3) is 0 Å². The van der Waals surface area contributed by atoms with Crippen LogP contribution in [-0.4, -0.2) is 12.3 Å². The van der Waals surface area contributed by atoms with Crippen LogP contribution in [0.3, 0.4) is 0 Å². The standard InChI is InChI=1S/C18H17ClF3NO2S/c1-3-11-7-8-16(13(9-11)18(20,21)22)25-10-12-14(19)5-4-6-15(12)23-17(26)24-2/h4-9H,3,10H2,1-2H3,(H,23,26). The predicted molar refractivity (Wildman–Crippen MR) is 99.8 cm³/mol. The molecule has 0 aliphatic carbocycles. The molecule has 26 heavy (non-hydrogen) atoms. The van der Waals surface area contributed by atoms with Crippen LogP contribution in [-0.2, 0) is 23.9 Å². The number of hydrogen-bond donors (Lipinski definition) is 1. The molecule has 0 saturated heterocycles. The zero-order valence-corrected chi connectivity index (χ0v) is 15.7. The van der Waals surface area contributed by atoms with Crippen molar-refractivity contribution >= 4 is 34.7 Å². The van der Waals surface area contributed by atoms with E-state index >= 15 is 0 Å². The zero-order valence-electron chi connectivity index (χ0n) is 14.1. The molecule has 2 rings (SSSR count). The van der Waals surface area contributed by atoms with Crippen LogP contribution in [0, 0.1) is 0 Å². The van der Waals surface area contributed by atoms with Crippen LogP contribution in [0.5, 0.6) is 5.75 Å². The smallest absolute Gasteiger partial charge is 0.419 e. The van der Waals surface area contributed by atoms with E-state index in [1.54, 1.807) is 31.2 Å². The lowest BCUT2D eigenvalue weighted by atomic mass is 10.1. The molecule has 140 valence electrons. The summed E-state index contributed by atoms with van der Waals surface area (Å²) in [4.78, 5) is 0. The monoisotopic (exact) mass is 403 g/mol. The van der Waals surface area contributed by atoms with Crippen LogP contribution >= 0.6 is 23.8 Å². The summed E-state index contributed by atoms with van der Waals surface area (Å²) in [5.74, 6) is -0.255. The van der Waals surface area contributed by atoms with Crippen molar-refractivity contribution in [3.63, 3.8) is 0 Å². The first-order valence-electron chi connectivity index (χ1n) is 7.71. The first-order valence-corrected chi connectivity index (χ1v) is 8.50. The van der Waals surface area contributed by atoms with Crippen LogP contribution in [0.2, 0.25) is 5.02 Å². The van der Waals surface area contributed by atoms with Gasteiger partial charge in [-0.25, -0.2) is 0 Å². The minimum absolute atomic E-state index is 0.108. The van der Waals surface area contributed by atoms with Crippen molar-refractivity contribution in [2.75, 3.05) is 12.4 Å². The predicted octanol–water partition coefficient (Wildman–Crippen LogP) is 5.84. The Bertz CT molecular complexity index is 796. The molecular formula is C18H17ClF3NO2S. The fourth-order valence-electron chi connectivity index (χ4n) is 2.28. The normalized spacial score (nSPS) is 11.2. The van der Waals surface area contributed by atoms with Crippen LogP contribution in [0.1, 0.15) is 23.6 Å². The third-order valence-corrected chi connectivity index (χ3v) is 4.29. The van der Waals surface area contributed by atoms with E-state index in [2.05, 4.69) is 5.32 Å². The number of nitrogens with one attached hydrogen (secondary N) is 1. The van der Waals surface area contributed by atoms with Gasteiger partial charge in [0.25, 0.3) is 5.17 Å². The second-order valence-electron chi connectivity index (χ2n) is 5.35. The molecule has 2 aromatic carbocycles. The lowest BCUT2D eigenvalue weighted by molar-refractivity contribution is -0.139. The summed E-state index contributed by atoms with van der Waals surface area (Å²) in [6.07, 6.45) is -4.02. The van der Waals surface area contributed by atoms with Crippen molar-refractivity contribution in [1.29, 1.82) is 0 Å². The molecule has 0 aliphatic heterocycles. The van der Waals surface area contributed by atoms with Crippen molar-refractivity contribution in [2.24, 2.45) is 0 Å². The molecule has 2 aromatic rings. The first-order chi connectivity index (χ1) is 12.3. The highest BCUT2D eigenvalue weighted by molar-refractivity contribution is 7.80. The van der Waals surface area contributed by atoms with Gasteiger partial charge in [-0.2, -0.15) is 13.2 Å². The number of benzene rings is 2. The van der Waals surface area contributed by atoms with E-state index in [0.29, 0.717) is 28.3 Å². The van der Waals surface area contributed by atoms with Gasteiger partial charge in [0.1, 0.15) is 12.4 Å². The highest BCUT2D eigenvalue weighted by Crippen LogP contribution is 2.38. The molecule has 8 heteroatoms. The fraction of sp³-hybridized carbons (Fsp3) is 0.278. The highest BCUT2D eigenvalue weighted by atomic mass is 35.5. The number of rotatable bonds is 5. The number of anilines is 1. The zero-order chi connectivity index (χ0) is 19.3. The van der Waals surface area contributed by atoms with Crippen molar-refractivity contribution < 1.29 is 22.6 Å². The van der Waals surface area contributed by atoms with E-state index in [9.17, 15) is 13.2 Å². The lowest BCUT2D eigenvalue weighted by Gasteiger charge is -2.17. The summed E-state index contributed by atoms with van der Waals surface area (Å²) in [7, 11) is 1.40. The Kier molecular flexibility index (Phi) is 6.72. The molecule has 0 aliphatic rings. The number of aryl methyl sites for hydroxylation is 1. The molecule has 0 atom stereocenters. The molecule has 0 radical (unpaired) electrons. The highest BCUT2D eigenvalue weighted by Gasteiger charge is 2.34. The van der Waals surface area contributed by atoms with Gasteiger partial charge in [-0.05, 0) is 48.5 Å². The van der Waals surface area contributed by atoms with E-state index in [1.165, 1.54) is 13.2 Å². The van der Waals surface area contributed by atoms with Gasteiger partial charge in [-0.1, -0.05) is 30.7 Å². The van der Waals surface area contributed by atoms with Gasteiger partial charge < -0.3 is 14.8 Å². The number of alkyl halides is 3. The van der Waals surface area contributed by atoms with Gasteiger partial charge in [0.15, 0.2) is 0 Å². The topological polar surface area (TPSA) is 30.5 Å². The summed E-state index contributed by atoms with van der Waals surface area (Å²) in [5, 5.41) is 3.27. The van der Waals surface area contributed by atoms with Crippen LogP contribution < -0.4 is 10.1 Å². The molecular weight excluding hydrogens is 387 g/mol. The second-order valence-corrected chi connectivity index (χ2v) is 6.13. The Morgan fingerprint density at radius 2 is 1.96 bits per heavy atom. The quantitative estimate of drug-likeness (QED) is 0.635. The van der Waals surface area contributed by atoms with Gasteiger partial charge in [0, 0.05) is 16.3 Å². The van der Waals surface area contributed by atoms with Crippen molar-refractivity contribution in [3.8, 4) is 5.75 Å². The van der Waals surface area contributed by atoms with Gasteiger partial charge in [-0.3, -0.25) is 0 Å². The largest absolute Gasteiger partial charge is 0.488 e. The Labute approximate surface area is 160 Å². The Hall–Kier alpha value is -1.99. The minimum Gasteiger partial charge on any atom is -0.488 e. The summed E-state index contributed by atoms with van der Waals surface area (Å²) >= 11 is 11.1. The van der Waals surface area contributed by atoms with Gasteiger partial charge in [0.2, 0.25) is 0 Å². The van der Waals surface area contributed by atoms with Crippen molar-refractivity contribution in [3.05, 3.63) is 58.1 Å². The molecule has 1 N–H and O–H groups in total. The van der Waals surface area contributed by atoms with E-state index in [1.807, 2.05) is 0 Å². The third kappa shape index (κ3) is 5.02. The molecule has 0 aromatic heterocycles. The van der Waals surface area contributed by atoms with Crippen molar-refractivity contribution in [1.82, 2.24) is 0 Å². The summed E-state index contributed by atoms with van der Waals surface area (Å²) in [6.45, 7) is 1.62.